The summed E-state index contributed by atoms with van der Waals surface area (Å²) in [6.45, 7) is 0. The molecule has 0 atom stereocenters. The summed E-state index contributed by atoms with van der Waals surface area (Å²) in [7, 11) is 0. The Morgan fingerprint density at radius 3 is 1.22 bits per heavy atom. The maximum Gasteiger partial charge on any atom is 0.160 e. The monoisotopic (exact) mass is 850 g/mol. The van der Waals surface area contributed by atoms with Crippen LogP contribution in [0.3, 0.4) is 0 Å². The first-order valence-electron chi connectivity index (χ1n) is 21.6. The molecule has 9 aromatic carbocycles. The van der Waals surface area contributed by atoms with Gasteiger partial charge in [0.25, 0.3) is 0 Å². The molecule has 0 amide bonds. The smallest absolute Gasteiger partial charge is 0.160 e. The molecular formula is C58H34N4S2. The van der Waals surface area contributed by atoms with Crippen LogP contribution in [0.1, 0.15) is 0 Å². The first kappa shape index (κ1) is 35.7. The highest BCUT2D eigenvalue weighted by molar-refractivity contribution is 7.27. The fourth-order valence-corrected chi connectivity index (χ4v) is 12.6. The van der Waals surface area contributed by atoms with Crippen molar-refractivity contribution in [2.24, 2.45) is 0 Å². The number of hydrogen-bond acceptors (Lipinski definition) is 4. The first-order chi connectivity index (χ1) is 31.7. The van der Waals surface area contributed by atoms with Crippen LogP contribution in [0.15, 0.2) is 206 Å². The normalized spacial score (nSPS) is 12.1. The molecule has 0 spiro atoms. The van der Waals surface area contributed by atoms with Crippen LogP contribution in [0.25, 0.3) is 129 Å². The van der Waals surface area contributed by atoms with Gasteiger partial charge in [-0.05, 0) is 60.7 Å². The maximum atomic E-state index is 5.40. The van der Waals surface area contributed by atoms with E-state index < -0.39 is 0 Å². The van der Waals surface area contributed by atoms with Gasteiger partial charge in [0.05, 0.1) is 33.5 Å². The van der Waals surface area contributed by atoms with Crippen molar-refractivity contribution in [2.75, 3.05) is 0 Å². The Kier molecular flexibility index (Phi) is 7.69. The molecule has 5 aromatic heterocycles. The Morgan fingerprint density at radius 1 is 0.312 bits per heavy atom. The topological polar surface area (TPSA) is 35.6 Å². The molecule has 4 nitrogen and oxygen atoms in total. The van der Waals surface area contributed by atoms with Crippen LogP contribution in [0.5, 0.6) is 0 Å². The molecule has 0 aliphatic heterocycles. The van der Waals surface area contributed by atoms with E-state index in [0.717, 1.165) is 50.5 Å². The maximum absolute atomic E-state index is 5.40. The molecule has 0 fully saturated rings. The molecule has 14 aromatic rings. The average molecular weight is 851 g/mol. The van der Waals surface area contributed by atoms with Gasteiger partial charge in [-0.15, -0.1) is 22.7 Å². The molecule has 0 saturated heterocycles. The number of hydrogen-bond donors (Lipinski definition) is 0. The minimum Gasteiger partial charge on any atom is -0.309 e. The fourth-order valence-electron chi connectivity index (χ4n) is 10.1. The molecule has 64 heavy (non-hydrogen) atoms. The second-order valence-corrected chi connectivity index (χ2v) is 18.6. The van der Waals surface area contributed by atoms with Crippen molar-refractivity contribution in [1.29, 1.82) is 0 Å². The summed E-state index contributed by atoms with van der Waals surface area (Å²) >= 11 is 3.77. The zero-order chi connectivity index (χ0) is 41.9. The molecule has 298 valence electrons. The largest absolute Gasteiger partial charge is 0.309 e. The molecule has 0 N–H and O–H groups in total. The Labute approximate surface area is 375 Å². The van der Waals surface area contributed by atoms with Crippen LogP contribution >= 0.6 is 22.7 Å². The third-order valence-electron chi connectivity index (χ3n) is 12.9. The highest BCUT2D eigenvalue weighted by Crippen LogP contribution is 2.46. The van der Waals surface area contributed by atoms with E-state index in [9.17, 15) is 0 Å². The van der Waals surface area contributed by atoms with E-state index in [2.05, 4.69) is 215 Å². The third kappa shape index (κ3) is 5.27. The highest BCUT2D eigenvalue weighted by Gasteiger charge is 2.22. The van der Waals surface area contributed by atoms with Gasteiger partial charge >= 0.3 is 0 Å². The molecule has 0 radical (unpaired) electrons. The van der Waals surface area contributed by atoms with Gasteiger partial charge in [0.1, 0.15) is 0 Å². The minimum absolute atomic E-state index is 0.670. The van der Waals surface area contributed by atoms with Crippen molar-refractivity contribution in [3.63, 3.8) is 0 Å². The van der Waals surface area contributed by atoms with Gasteiger partial charge in [-0.3, -0.25) is 0 Å². The summed E-state index contributed by atoms with van der Waals surface area (Å²) in [5.74, 6) is 0.670. The first-order valence-corrected chi connectivity index (χ1v) is 23.2. The van der Waals surface area contributed by atoms with Gasteiger partial charge in [-0.1, -0.05) is 146 Å². The molecule has 6 heteroatoms. The van der Waals surface area contributed by atoms with E-state index in [-0.39, 0.29) is 0 Å². The van der Waals surface area contributed by atoms with E-state index in [1.54, 1.807) is 0 Å². The standard InChI is InChI=1S/C58H34N4S2/c1-3-15-35(16-4-1)46-34-47(36-17-5-2-6-18-36)60-58(59-46)37-31-38(61-48-23-11-7-21-44(48)54-50(61)29-27-42-40-19-9-13-25-52(40)63-56(42)54)33-39(32-37)62-49-24-12-8-22-45(49)55-51(62)30-28-43-41-20-10-14-26-53(41)64-57(43)55/h1-34H. The number of thiophene rings is 2. The van der Waals surface area contributed by atoms with Gasteiger partial charge in [0.2, 0.25) is 0 Å². The van der Waals surface area contributed by atoms with Crippen molar-refractivity contribution >= 4 is 107 Å². The van der Waals surface area contributed by atoms with Crippen LogP contribution < -0.4 is 0 Å². The Hall–Kier alpha value is -7.90. The van der Waals surface area contributed by atoms with Crippen LogP contribution in [-0.2, 0) is 0 Å². The van der Waals surface area contributed by atoms with Crippen molar-refractivity contribution in [3.8, 4) is 45.3 Å². The second-order valence-electron chi connectivity index (χ2n) is 16.5. The summed E-state index contributed by atoms with van der Waals surface area (Å²) in [6, 6.07) is 74.6. The lowest BCUT2D eigenvalue weighted by atomic mass is 10.1. The third-order valence-corrected chi connectivity index (χ3v) is 15.3. The number of rotatable bonds is 5. The Balaban J connectivity index is 1.11. The Bertz CT molecular complexity index is 3930. The molecule has 0 aliphatic rings. The van der Waals surface area contributed by atoms with E-state index in [4.69, 9.17) is 9.97 Å². The molecular weight excluding hydrogens is 817 g/mol. The zero-order valence-electron chi connectivity index (χ0n) is 34.2. The number of para-hydroxylation sites is 2. The molecule has 0 saturated carbocycles. The lowest BCUT2D eigenvalue weighted by Gasteiger charge is -2.16. The van der Waals surface area contributed by atoms with Gasteiger partial charge in [0, 0.05) is 90.0 Å². The summed E-state index contributed by atoms with van der Waals surface area (Å²) < 4.78 is 10.1. The molecule has 0 unspecified atom stereocenters. The summed E-state index contributed by atoms with van der Waals surface area (Å²) in [4.78, 5) is 10.8. The fraction of sp³-hybridized carbons (Fsp3) is 0. The van der Waals surface area contributed by atoms with Crippen molar-refractivity contribution < 1.29 is 0 Å². The van der Waals surface area contributed by atoms with Crippen molar-refractivity contribution in [2.45, 2.75) is 0 Å². The van der Waals surface area contributed by atoms with Gasteiger partial charge in [-0.2, -0.15) is 0 Å². The second kappa shape index (κ2) is 13.8. The zero-order valence-corrected chi connectivity index (χ0v) is 35.9. The highest BCUT2D eigenvalue weighted by atomic mass is 32.1. The predicted molar refractivity (Wildman–Crippen MR) is 273 cm³/mol. The van der Waals surface area contributed by atoms with Gasteiger partial charge < -0.3 is 9.13 Å². The molecule has 5 heterocycles. The number of nitrogens with zero attached hydrogens (tertiary/aromatic N) is 4. The number of benzene rings is 9. The molecule has 14 rings (SSSR count). The lowest BCUT2D eigenvalue weighted by molar-refractivity contribution is 1.12. The van der Waals surface area contributed by atoms with Crippen LogP contribution in [-0.4, -0.2) is 19.1 Å². The number of aromatic nitrogens is 4. The minimum atomic E-state index is 0.670. The summed E-state index contributed by atoms with van der Waals surface area (Å²) in [6.07, 6.45) is 0. The average Bonchev–Trinajstić information content (AvgIpc) is 4.12. The molecule has 0 aliphatic carbocycles. The van der Waals surface area contributed by atoms with Crippen molar-refractivity contribution in [1.82, 2.24) is 19.1 Å². The van der Waals surface area contributed by atoms with Gasteiger partial charge in [0.15, 0.2) is 5.82 Å². The quantitative estimate of drug-likeness (QED) is 0.173. The SMILES string of the molecule is c1ccc(-c2cc(-c3ccccc3)nc(-c3cc(-n4c5ccccc5c5c6sc7ccccc7c6ccc54)cc(-n4c5ccccc5c5c6sc7ccccc7c6ccc54)c3)n2)cc1. The van der Waals surface area contributed by atoms with Crippen LogP contribution in [0, 0.1) is 0 Å². The van der Waals surface area contributed by atoms with Crippen LogP contribution in [0.2, 0.25) is 0 Å². The van der Waals surface area contributed by atoms with E-state index in [0.29, 0.717) is 5.82 Å². The van der Waals surface area contributed by atoms with E-state index >= 15 is 0 Å². The number of fused-ring (bicyclic) bond motifs is 14. The summed E-state index contributed by atoms with van der Waals surface area (Å²) in [5.41, 5.74) is 11.5. The van der Waals surface area contributed by atoms with E-state index in [1.165, 1.54) is 72.9 Å². The van der Waals surface area contributed by atoms with Crippen molar-refractivity contribution in [3.05, 3.63) is 206 Å². The molecule has 0 bridgehead atoms. The lowest BCUT2D eigenvalue weighted by Crippen LogP contribution is -2.02. The Morgan fingerprint density at radius 2 is 0.734 bits per heavy atom. The van der Waals surface area contributed by atoms with Crippen LogP contribution in [0.4, 0.5) is 0 Å². The van der Waals surface area contributed by atoms with Gasteiger partial charge in [-0.25, -0.2) is 9.97 Å². The predicted octanol–water partition coefficient (Wildman–Crippen LogP) is 16.4. The summed E-state index contributed by atoms with van der Waals surface area (Å²) in [5, 5.41) is 10.2. The van der Waals surface area contributed by atoms with E-state index in [1.807, 2.05) is 22.7 Å².